The maximum atomic E-state index is 12.9. The molecule has 0 unspecified atom stereocenters. The number of amides is 1. The summed E-state index contributed by atoms with van der Waals surface area (Å²) in [5.41, 5.74) is 0.879. The number of hydrogen-bond acceptors (Lipinski definition) is 4. The Morgan fingerprint density at radius 1 is 1.41 bits per heavy atom. The van der Waals surface area contributed by atoms with Crippen LogP contribution in [-0.4, -0.2) is 50.6 Å². The Morgan fingerprint density at radius 2 is 2.09 bits per heavy atom. The summed E-state index contributed by atoms with van der Waals surface area (Å²) in [6.07, 6.45) is 2.77. The van der Waals surface area contributed by atoms with E-state index < -0.39 is 0 Å². The van der Waals surface area contributed by atoms with Gasteiger partial charge in [-0.05, 0) is 43.0 Å². The summed E-state index contributed by atoms with van der Waals surface area (Å²) in [4.78, 5) is 13.9. The fourth-order valence-corrected chi connectivity index (χ4v) is 2.60. The molecule has 2 aromatic rings. The van der Waals surface area contributed by atoms with Crippen LogP contribution >= 0.6 is 0 Å². The van der Waals surface area contributed by atoms with Crippen LogP contribution in [0, 0.1) is 11.7 Å². The zero-order chi connectivity index (χ0) is 15.7. The molecule has 0 atom stereocenters. The molecule has 1 aliphatic rings. The Morgan fingerprint density at radius 3 is 2.73 bits per heavy atom. The van der Waals surface area contributed by atoms with Crippen molar-refractivity contribution in [2.45, 2.75) is 18.9 Å². The van der Waals surface area contributed by atoms with Gasteiger partial charge in [-0.3, -0.25) is 4.79 Å². The van der Waals surface area contributed by atoms with E-state index in [4.69, 9.17) is 0 Å². The molecule has 1 heterocycles. The van der Waals surface area contributed by atoms with Gasteiger partial charge < -0.3 is 10.0 Å². The molecular weight excluding hydrogens is 287 g/mol. The van der Waals surface area contributed by atoms with E-state index in [9.17, 15) is 14.3 Å². The molecule has 1 fully saturated rings. The first kappa shape index (κ1) is 14.6. The highest BCUT2D eigenvalue weighted by molar-refractivity contribution is 5.91. The predicted molar refractivity (Wildman–Crippen MR) is 77.0 cm³/mol. The fourth-order valence-electron chi connectivity index (χ4n) is 2.60. The lowest BCUT2D eigenvalue weighted by Crippen LogP contribution is -2.39. The Bertz CT molecular complexity index is 664. The standard InChI is InChI=1S/C15H17FN4O2/c1-19(8-10-6-13(21)7-10)15(22)14-9-20(18-17-14)12-4-2-11(16)3-5-12/h2-5,9-10,13,21H,6-8H2,1H3. The van der Waals surface area contributed by atoms with Crippen molar-refractivity contribution in [3.63, 3.8) is 0 Å². The van der Waals surface area contributed by atoms with Gasteiger partial charge in [0.1, 0.15) is 5.82 Å². The molecule has 1 N–H and O–H groups in total. The SMILES string of the molecule is CN(CC1CC(O)C1)C(=O)c1cn(-c2ccc(F)cc2)nn1. The van der Waals surface area contributed by atoms with Crippen molar-refractivity contribution in [3.05, 3.63) is 42.0 Å². The Balaban J connectivity index is 1.67. The second-order valence-corrected chi connectivity index (χ2v) is 5.70. The maximum Gasteiger partial charge on any atom is 0.275 e. The number of benzene rings is 1. The lowest BCUT2D eigenvalue weighted by Gasteiger charge is -2.34. The monoisotopic (exact) mass is 304 g/mol. The van der Waals surface area contributed by atoms with Crippen LogP contribution in [0.5, 0.6) is 0 Å². The number of nitrogens with zero attached hydrogens (tertiary/aromatic N) is 4. The molecule has 0 bridgehead atoms. The summed E-state index contributed by atoms with van der Waals surface area (Å²) in [5, 5.41) is 17.1. The largest absolute Gasteiger partial charge is 0.393 e. The Hall–Kier alpha value is -2.28. The molecule has 1 aromatic heterocycles. The van der Waals surface area contributed by atoms with Crippen LogP contribution in [0.1, 0.15) is 23.3 Å². The number of carbonyl (C=O) groups is 1. The molecule has 1 saturated carbocycles. The van der Waals surface area contributed by atoms with Crippen molar-refractivity contribution in [3.8, 4) is 5.69 Å². The van der Waals surface area contributed by atoms with Gasteiger partial charge in [-0.25, -0.2) is 9.07 Å². The van der Waals surface area contributed by atoms with E-state index >= 15 is 0 Å². The third kappa shape index (κ3) is 2.99. The zero-order valence-electron chi connectivity index (χ0n) is 12.2. The van der Waals surface area contributed by atoms with E-state index in [1.54, 1.807) is 24.1 Å². The van der Waals surface area contributed by atoms with Crippen LogP contribution in [0.25, 0.3) is 5.69 Å². The van der Waals surface area contributed by atoms with E-state index in [-0.39, 0.29) is 23.5 Å². The van der Waals surface area contributed by atoms with Crippen LogP contribution in [0.4, 0.5) is 4.39 Å². The highest BCUT2D eigenvalue weighted by Crippen LogP contribution is 2.27. The molecule has 1 aliphatic carbocycles. The van der Waals surface area contributed by atoms with Gasteiger partial charge in [0.05, 0.1) is 18.0 Å². The van der Waals surface area contributed by atoms with Crippen LogP contribution in [0.2, 0.25) is 0 Å². The molecule has 1 amide bonds. The summed E-state index contributed by atoms with van der Waals surface area (Å²) in [6, 6.07) is 5.79. The molecular formula is C15H17FN4O2. The number of hydrogen-bond donors (Lipinski definition) is 1. The lowest BCUT2D eigenvalue weighted by molar-refractivity contribution is 0.0264. The summed E-state index contributed by atoms with van der Waals surface area (Å²) in [7, 11) is 1.71. The average molecular weight is 304 g/mol. The van der Waals surface area contributed by atoms with Crippen LogP contribution < -0.4 is 0 Å². The van der Waals surface area contributed by atoms with Crippen molar-refractivity contribution < 1.29 is 14.3 Å². The number of halogens is 1. The Kier molecular flexibility index (Phi) is 3.89. The van der Waals surface area contributed by atoms with Gasteiger partial charge in [0.2, 0.25) is 0 Å². The van der Waals surface area contributed by atoms with Gasteiger partial charge in [-0.2, -0.15) is 0 Å². The number of aliphatic hydroxyl groups excluding tert-OH is 1. The maximum absolute atomic E-state index is 12.9. The first-order chi connectivity index (χ1) is 10.5. The average Bonchev–Trinajstić information content (AvgIpc) is 2.95. The van der Waals surface area contributed by atoms with Crippen molar-refractivity contribution in [2.75, 3.05) is 13.6 Å². The molecule has 7 heteroatoms. The van der Waals surface area contributed by atoms with Gasteiger partial charge in [-0.15, -0.1) is 5.10 Å². The van der Waals surface area contributed by atoms with Crippen molar-refractivity contribution in [1.82, 2.24) is 19.9 Å². The van der Waals surface area contributed by atoms with E-state index in [0.717, 1.165) is 12.8 Å². The second-order valence-electron chi connectivity index (χ2n) is 5.70. The van der Waals surface area contributed by atoms with Crippen LogP contribution in [0.3, 0.4) is 0 Å². The summed E-state index contributed by atoms with van der Waals surface area (Å²) in [5.74, 6) is -0.201. The fraction of sp³-hybridized carbons (Fsp3) is 0.400. The van der Waals surface area contributed by atoms with Crippen LogP contribution in [0.15, 0.2) is 30.5 Å². The minimum Gasteiger partial charge on any atom is -0.393 e. The van der Waals surface area contributed by atoms with Gasteiger partial charge in [0, 0.05) is 13.6 Å². The summed E-state index contributed by atoms with van der Waals surface area (Å²) >= 11 is 0. The molecule has 6 nitrogen and oxygen atoms in total. The van der Waals surface area contributed by atoms with Crippen LogP contribution in [-0.2, 0) is 0 Å². The summed E-state index contributed by atoms with van der Waals surface area (Å²) in [6.45, 7) is 0.597. The van der Waals surface area contributed by atoms with Crippen molar-refractivity contribution >= 4 is 5.91 Å². The normalized spacial score (nSPS) is 20.5. The quantitative estimate of drug-likeness (QED) is 0.923. The lowest BCUT2D eigenvalue weighted by atomic mass is 9.82. The van der Waals surface area contributed by atoms with Crippen molar-refractivity contribution in [2.24, 2.45) is 5.92 Å². The van der Waals surface area contributed by atoms with Gasteiger partial charge >= 0.3 is 0 Å². The molecule has 0 radical (unpaired) electrons. The smallest absolute Gasteiger partial charge is 0.275 e. The highest BCUT2D eigenvalue weighted by atomic mass is 19.1. The number of aliphatic hydroxyl groups is 1. The third-order valence-electron chi connectivity index (χ3n) is 3.89. The number of aromatic nitrogens is 3. The Labute approximate surface area is 127 Å². The molecule has 1 aromatic carbocycles. The third-order valence-corrected chi connectivity index (χ3v) is 3.89. The molecule has 3 rings (SSSR count). The molecule has 116 valence electrons. The molecule has 22 heavy (non-hydrogen) atoms. The van der Waals surface area contributed by atoms with Gasteiger partial charge in [0.25, 0.3) is 5.91 Å². The van der Waals surface area contributed by atoms with Crippen molar-refractivity contribution in [1.29, 1.82) is 0 Å². The first-order valence-electron chi connectivity index (χ1n) is 7.15. The van der Waals surface area contributed by atoms with E-state index in [2.05, 4.69) is 10.3 Å². The predicted octanol–water partition coefficient (Wildman–Crippen LogP) is 1.25. The van der Waals surface area contributed by atoms with E-state index in [0.29, 0.717) is 18.2 Å². The number of rotatable bonds is 4. The molecule has 0 spiro atoms. The minimum absolute atomic E-state index is 0.213. The minimum atomic E-state index is -0.331. The molecule has 0 saturated heterocycles. The first-order valence-corrected chi connectivity index (χ1v) is 7.15. The van der Waals surface area contributed by atoms with E-state index in [1.807, 2.05) is 0 Å². The second kappa shape index (κ2) is 5.84. The zero-order valence-corrected chi connectivity index (χ0v) is 12.2. The van der Waals surface area contributed by atoms with Gasteiger partial charge in [0.15, 0.2) is 5.69 Å². The van der Waals surface area contributed by atoms with E-state index in [1.165, 1.54) is 23.0 Å². The van der Waals surface area contributed by atoms with Gasteiger partial charge in [-0.1, -0.05) is 5.21 Å². The summed E-state index contributed by atoms with van der Waals surface area (Å²) < 4.78 is 14.3. The highest BCUT2D eigenvalue weighted by Gasteiger charge is 2.29. The number of carbonyl (C=O) groups excluding carboxylic acids is 1. The topological polar surface area (TPSA) is 71.2 Å². The molecule has 0 aliphatic heterocycles.